The van der Waals surface area contributed by atoms with Crippen molar-refractivity contribution in [3.8, 4) is 6.01 Å². The number of alkyl halides is 3. The maximum absolute atomic E-state index is 13.5. The summed E-state index contributed by atoms with van der Waals surface area (Å²) < 4.78 is 48.1. The van der Waals surface area contributed by atoms with Crippen LogP contribution in [0.5, 0.6) is 6.01 Å². The first-order chi connectivity index (χ1) is 15.2. The molecule has 0 amide bonds. The summed E-state index contributed by atoms with van der Waals surface area (Å²) in [6.07, 6.45) is -0.928. The molecule has 3 aromatic rings. The van der Waals surface area contributed by atoms with Gasteiger partial charge in [-0.3, -0.25) is 0 Å². The topological polar surface area (TPSA) is 76.4 Å². The van der Waals surface area contributed by atoms with Crippen molar-refractivity contribution in [2.24, 2.45) is 0 Å². The Morgan fingerprint density at radius 1 is 1.16 bits per heavy atom. The number of fused-ring (bicyclic) bond motifs is 1. The van der Waals surface area contributed by atoms with E-state index in [0.29, 0.717) is 12.2 Å². The molecule has 1 aliphatic rings. The van der Waals surface area contributed by atoms with Gasteiger partial charge >= 0.3 is 12.2 Å². The molecule has 4 rings (SSSR count). The number of halogens is 3. The van der Waals surface area contributed by atoms with E-state index in [-0.39, 0.29) is 29.5 Å². The Balaban J connectivity index is 1.71. The van der Waals surface area contributed by atoms with E-state index in [1.54, 1.807) is 19.2 Å². The summed E-state index contributed by atoms with van der Waals surface area (Å²) >= 11 is 0. The molecule has 7 nitrogen and oxygen atoms in total. The van der Waals surface area contributed by atoms with E-state index in [1.165, 1.54) is 16.6 Å². The van der Waals surface area contributed by atoms with Gasteiger partial charge in [-0.15, -0.1) is 0 Å². The minimum absolute atomic E-state index is 0.0622. The largest absolute Gasteiger partial charge is 0.459 e. The molecule has 2 atom stereocenters. The number of ether oxygens (including phenoxy) is 1. The molecule has 1 saturated heterocycles. The average molecular weight is 448 g/mol. The number of piperidine rings is 1. The molecule has 172 valence electrons. The Bertz CT molecular complexity index is 1080. The highest BCUT2D eigenvalue weighted by Crippen LogP contribution is 2.35. The third-order valence-corrected chi connectivity index (χ3v) is 5.60. The van der Waals surface area contributed by atoms with Crippen molar-refractivity contribution in [1.82, 2.24) is 24.9 Å². The fourth-order valence-electron chi connectivity index (χ4n) is 3.90. The second-order valence-corrected chi connectivity index (χ2v) is 8.36. The van der Waals surface area contributed by atoms with E-state index in [0.717, 1.165) is 31.0 Å². The number of benzene rings is 1. The first kappa shape index (κ1) is 22.3. The predicted octanol–water partition coefficient (Wildman–Crippen LogP) is 4.57. The van der Waals surface area contributed by atoms with Crippen LogP contribution < -0.4 is 15.4 Å². The van der Waals surface area contributed by atoms with Crippen molar-refractivity contribution in [3.63, 3.8) is 0 Å². The Labute approximate surface area is 184 Å². The lowest BCUT2D eigenvalue weighted by atomic mass is 10.0. The number of nitrogens with one attached hydrogen (secondary N) is 2. The van der Waals surface area contributed by atoms with Crippen LogP contribution in [0.4, 0.5) is 19.1 Å². The fraction of sp³-hybridized carbons (Fsp3) is 0.500. The number of rotatable bonds is 6. The third kappa shape index (κ3) is 4.64. The van der Waals surface area contributed by atoms with Crippen LogP contribution in [0.15, 0.2) is 30.5 Å². The van der Waals surface area contributed by atoms with Crippen LogP contribution in [-0.4, -0.2) is 38.8 Å². The molecule has 1 fully saturated rings. The van der Waals surface area contributed by atoms with Crippen molar-refractivity contribution in [3.05, 3.63) is 47.2 Å². The van der Waals surface area contributed by atoms with Crippen molar-refractivity contribution in [2.45, 2.75) is 57.9 Å². The Kier molecular flexibility index (Phi) is 6.23. The molecule has 32 heavy (non-hydrogen) atoms. The molecule has 2 aromatic heterocycles. The number of hydrogen-bond donors (Lipinski definition) is 2. The SMILES string of the molecule is CC(C)c1cnn2c(N[C@@H](C)c3ccccc3C(F)(F)F)nc(O[C@@H]3CCCNC3)nc12. The summed E-state index contributed by atoms with van der Waals surface area (Å²) in [6, 6.07) is 5.03. The summed E-state index contributed by atoms with van der Waals surface area (Å²) in [5.74, 6) is 0.438. The van der Waals surface area contributed by atoms with Crippen LogP contribution in [0, 0.1) is 0 Å². The molecule has 0 bridgehead atoms. The molecule has 1 aliphatic heterocycles. The number of nitrogens with zero attached hydrogens (tertiary/aromatic N) is 4. The predicted molar refractivity (Wildman–Crippen MR) is 115 cm³/mol. The molecule has 0 radical (unpaired) electrons. The Hall–Kier alpha value is -2.88. The van der Waals surface area contributed by atoms with Crippen LogP contribution in [-0.2, 0) is 6.18 Å². The van der Waals surface area contributed by atoms with E-state index >= 15 is 0 Å². The molecule has 0 aliphatic carbocycles. The number of anilines is 1. The van der Waals surface area contributed by atoms with Gasteiger partial charge < -0.3 is 15.4 Å². The third-order valence-electron chi connectivity index (χ3n) is 5.60. The molecular weight excluding hydrogens is 421 g/mol. The monoisotopic (exact) mass is 448 g/mol. The lowest BCUT2D eigenvalue weighted by Crippen LogP contribution is -2.37. The van der Waals surface area contributed by atoms with Crippen molar-refractivity contribution in [2.75, 3.05) is 18.4 Å². The van der Waals surface area contributed by atoms with E-state index in [2.05, 4.69) is 25.7 Å². The van der Waals surface area contributed by atoms with Gasteiger partial charge in [0.15, 0.2) is 5.65 Å². The zero-order valence-corrected chi connectivity index (χ0v) is 18.3. The van der Waals surface area contributed by atoms with Gasteiger partial charge in [-0.05, 0) is 43.9 Å². The quantitative estimate of drug-likeness (QED) is 0.575. The van der Waals surface area contributed by atoms with Crippen molar-refractivity contribution in [1.29, 1.82) is 0 Å². The molecule has 0 spiro atoms. The molecule has 3 heterocycles. The van der Waals surface area contributed by atoms with Crippen LogP contribution in [0.25, 0.3) is 5.65 Å². The minimum atomic E-state index is -4.45. The van der Waals surface area contributed by atoms with E-state index in [1.807, 2.05) is 13.8 Å². The lowest BCUT2D eigenvalue weighted by molar-refractivity contribution is -0.138. The second-order valence-electron chi connectivity index (χ2n) is 8.36. The van der Waals surface area contributed by atoms with Crippen LogP contribution in [0.3, 0.4) is 0 Å². The zero-order valence-electron chi connectivity index (χ0n) is 18.3. The molecular formula is C22H27F3N6O. The standard InChI is InChI=1S/C22H27F3N6O/c1-13(2)17-12-27-31-19(17)29-21(32-15-7-6-10-26-11-15)30-20(31)28-14(3)16-8-4-5-9-18(16)22(23,24)25/h4-5,8-9,12-15,26H,6-7,10-11H2,1-3H3,(H,28,29,30)/t14-,15+/m0/s1. The smallest absolute Gasteiger partial charge is 0.416 e. The highest BCUT2D eigenvalue weighted by molar-refractivity contribution is 5.53. The van der Waals surface area contributed by atoms with E-state index in [9.17, 15) is 13.2 Å². The first-order valence-corrected chi connectivity index (χ1v) is 10.8. The first-order valence-electron chi connectivity index (χ1n) is 10.8. The normalized spacial score (nSPS) is 18.2. The highest BCUT2D eigenvalue weighted by atomic mass is 19.4. The van der Waals surface area contributed by atoms with E-state index < -0.39 is 17.8 Å². The van der Waals surface area contributed by atoms with Gasteiger partial charge in [0.25, 0.3) is 0 Å². The Morgan fingerprint density at radius 2 is 1.94 bits per heavy atom. The van der Waals surface area contributed by atoms with Crippen molar-refractivity contribution < 1.29 is 17.9 Å². The summed E-state index contributed by atoms with van der Waals surface area (Å²) in [6.45, 7) is 7.36. The number of hydrogen-bond acceptors (Lipinski definition) is 6. The maximum Gasteiger partial charge on any atom is 0.416 e. The second kappa shape index (κ2) is 8.93. The number of aromatic nitrogens is 4. The Morgan fingerprint density at radius 3 is 2.62 bits per heavy atom. The van der Waals surface area contributed by atoms with Gasteiger partial charge in [0.05, 0.1) is 17.8 Å². The van der Waals surface area contributed by atoms with Gasteiger partial charge in [0.1, 0.15) is 6.10 Å². The summed E-state index contributed by atoms with van der Waals surface area (Å²) in [4.78, 5) is 9.04. The van der Waals surface area contributed by atoms with Gasteiger partial charge in [-0.1, -0.05) is 32.0 Å². The molecule has 10 heteroatoms. The molecule has 1 aromatic carbocycles. The summed E-state index contributed by atoms with van der Waals surface area (Å²) in [5, 5.41) is 10.8. The molecule has 2 N–H and O–H groups in total. The highest BCUT2D eigenvalue weighted by Gasteiger charge is 2.34. The minimum Gasteiger partial charge on any atom is -0.459 e. The van der Waals surface area contributed by atoms with Gasteiger partial charge in [-0.2, -0.15) is 32.8 Å². The van der Waals surface area contributed by atoms with Crippen LogP contribution >= 0.6 is 0 Å². The lowest BCUT2D eigenvalue weighted by Gasteiger charge is -2.24. The average Bonchev–Trinajstić information content (AvgIpc) is 3.18. The van der Waals surface area contributed by atoms with Gasteiger partial charge in [-0.25, -0.2) is 0 Å². The summed E-state index contributed by atoms with van der Waals surface area (Å²) in [5.41, 5.74) is 0.929. The van der Waals surface area contributed by atoms with Crippen LogP contribution in [0.1, 0.15) is 62.3 Å². The van der Waals surface area contributed by atoms with Gasteiger partial charge in [0.2, 0.25) is 5.95 Å². The zero-order chi connectivity index (χ0) is 22.9. The van der Waals surface area contributed by atoms with E-state index in [4.69, 9.17) is 4.74 Å². The fourth-order valence-corrected chi connectivity index (χ4v) is 3.90. The van der Waals surface area contributed by atoms with Crippen LogP contribution in [0.2, 0.25) is 0 Å². The molecule has 0 saturated carbocycles. The molecule has 0 unspecified atom stereocenters. The van der Waals surface area contributed by atoms with Gasteiger partial charge in [0, 0.05) is 12.1 Å². The summed E-state index contributed by atoms with van der Waals surface area (Å²) in [7, 11) is 0. The van der Waals surface area contributed by atoms with Crippen molar-refractivity contribution >= 4 is 11.6 Å². The maximum atomic E-state index is 13.5.